The molecule has 4 nitrogen and oxygen atoms in total. The molecule has 168 valence electrons. The number of nitrogens with one attached hydrogen (secondary N) is 1. The molecule has 5 heteroatoms. The van der Waals surface area contributed by atoms with Gasteiger partial charge in [-0.05, 0) is 69.0 Å². The standard InChI is InChI=1S/C24H46N4S/c1-7-20(6)23-25-16-21(26-23)12-8-9-13-27-17-22(15-19(4)5)28(24(27)29)14-10-11-18(2)3/h18-22H,7-17H2,1-6H3,(H,25,26)/t20?,21-,22+/m0/s1. The first-order valence-electron chi connectivity index (χ1n) is 12.2. The van der Waals surface area contributed by atoms with Crippen LogP contribution in [0.25, 0.3) is 0 Å². The fraction of sp³-hybridized carbons (Fsp3) is 0.917. The molecule has 0 aromatic heterocycles. The molecule has 1 unspecified atom stereocenters. The molecule has 29 heavy (non-hydrogen) atoms. The fourth-order valence-electron chi connectivity index (χ4n) is 4.50. The van der Waals surface area contributed by atoms with Crippen LogP contribution in [-0.2, 0) is 0 Å². The molecule has 2 aliphatic heterocycles. The van der Waals surface area contributed by atoms with Gasteiger partial charge in [0.1, 0.15) is 0 Å². The van der Waals surface area contributed by atoms with Crippen LogP contribution in [0.5, 0.6) is 0 Å². The molecule has 0 aromatic carbocycles. The monoisotopic (exact) mass is 422 g/mol. The zero-order valence-corrected chi connectivity index (χ0v) is 20.7. The van der Waals surface area contributed by atoms with Crippen molar-refractivity contribution in [3.63, 3.8) is 0 Å². The van der Waals surface area contributed by atoms with Crippen LogP contribution in [0.4, 0.5) is 0 Å². The van der Waals surface area contributed by atoms with Gasteiger partial charge in [-0.15, -0.1) is 0 Å². The highest BCUT2D eigenvalue weighted by molar-refractivity contribution is 7.80. The van der Waals surface area contributed by atoms with Crippen molar-refractivity contribution in [3.05, 3.63) is 0 Å². The second kappa shape index (κ2) is 12.1. The maximum atomic E-state index is 5.91. The summed E-state index contributed by atoms with van der Waals surface area (Å²) in [5, 5.41) is 4.63. The van der Waals surface area contributed by atoms with Crippen LogP contribution in [0.2, 0.25) is 0 Å². The number of thiocarbonyl (C=S) groups is 1. The third kappa shape index (κ3) is 7.73. The van der Waals surface area contributed by atoms with Crippen LogP contribution in [0.1, 0.15) is 86.5 Å². The molecule has 1 saturated heterocycles. The smallest absolute Gasteiger partial charge is 0.171 e. The summed E-state index contributed by atoms with van der Waals surface area (Å²) in [5.74, 6) is 3.30. The van der Waals surface area contributed by atoms with Crippen molar-refractivity contribution in [2.24, 2.45) is 22.7 Å². The van der Waals surface area contributed by atoms with Crippen molar-refractivity contribution in [2.45, 2.75) is 98.6 Å². The molecule has 0 amide bonds. The average molecular weight is 423 g/mol. The number of aliphatic imine (C=N–C) groups is 1. The number of nitrogens with zero attached hydrogens (tertiary/aromatic N) is 3. The molecule has 2 aliphatic rings. The molecule has 0 radical (unpaired) electrons. The summed E-state index contributed by atoms with van der Waals surface area (Å²) in [6.07, 6.45) is 8.62. The predicted molar refractivity (Wildman–Crippen MR) is 131 cm³/mol. The van der Waals surface area contributed by atoms with Crippen LogP contribution in [-0.4, -0.2) is 59.0 Å². The predicted octanol–water partition coefficient (Wildman–Crippen LogP) is 5.33. The molecule has 0 spiro atoms. The Hall–Kier alpha value is -0.840. The first-order valence-corrected chi connectivity index (χ1v) is 12.6. The highest BCUT2D eigenvalue weighted by atomic mass is 32.1. The molecular formula is C24H46N4S. The Morgan fingerprint density at radius 1 is 1.07 bits per heavy atom. The van der Waals surface area contributed by atoms with E-state index in [2.05, 4.69) is 56.7 Å². The highest BCUT2D eigenvalue weighted by Gasteiger charge is 2.33. The molecule has 0 bridgehead atoms. The zero-order chi connectivity index (χ0) is 21.4. The summed E-state index contributed by atoms with van der Waals surface area (Å²) in [6, 6.07) is 1.09. The molecule has 0 saturated carbocycles. The van der Waals surface area contributed by atoms with Crippen molar-refractivity contribution in [1.82, 2.24) is 15.1 Å². The zero-order valence-electron chi connectivity index (χ0n) is 19.9. The molecular weight excluding hydrogens is 376 g/mol. The van der Waals surface area contributed by atoms with Crippen LogP contribution in [0.3, 0.4) is 0 Å². The lowest BCUT2D eigenvalue weighted by molar-refractivity contribution is 0.288. The SMILES string of the molecule is CCC(C)C1=N[C@@H](CCCCN2C[C@@H](CC(C)C)N(CCCC(C)C)C2=S)CN1. The van der Waals surface area contributed by atoms with Gasteiger partial charge in [-0.1, -0.05) is 41.5 Å². The Balaban J connectivity index is 1.76. The summed E-state index contributed by atoms with van der Waals surface area (Å²) in [5.41, 5.74) is 0. The Morgan fingerprint density at radius 3 is 2.48 bits per heavy atom. The van der Waals surface area contributed by atoms with Gasteiger partial charge in [0.15, 0.2) is 5.11 Å². The Labute approximate surface area is 185 Å². The summed E-state index contributed by atoms with van der Waals surface area (Å²) in [4.78, 5) is 9.93. The minimum atomic E-state index is 0.478. The van der Waals surface area contributed by atoms with Crippen molar-refractivity contribution >= 4 is 23.2 Å². The van der Waals surface area contributed by atoms with Gasteiger partial charge < -0.3 is 15.1 Å². The van der Waals surface area contributed by atoms with E-state index in [1.54, 1.807) is 0 Å². The minimum absolute atomic E-state index is 0.478. The summed E-state index contributed by atoms with van der Waals surface area (Å²) in [7, 11) is 0. The minimum Gasteiger partial charge on any atom is -0.371 e. The van der Waals surface area contributed by atoms with Gasteiger partial charge in [-0.2, -0.15) is 0 Å². The van der Waals surface area contributed by atoms with Crippen molar-refractivity contribution in [2.75, 3.05) is 26.2 Å². The fourth-order valence-corrected chi connectivity index (χ4v) is 4.91. The average Bonchev–Trinajstić information content (AvgIpc) is 3.24. The van der Waals surface area contributed by atoms with E-state index in [4.69, 9.17) is 17.2 Å². The molecule has 3 atom stereocenters. The lowest BCUT2D eigenvalue weighted by Gasteiger charge is -2.27. The molecule has 0 aromatic rings. The summed E-state index contributed by atoms with van der Waals surface area (Å²) >= 11 is 5.91. The van der Waals surface area contributed by atoms with E-state index < -0.39 is 0 Å². The number of hydrogen-bond donors (Lipinski definition) is 1. The third-order valence-electron chi connectivity index (χ3n) is 6.45. The number of amidine groups is 1. The second-order valence-corrected chi connectivity index (χ2v) is 10.5. The van der Waals surface area contributed by atoms with Crippen LogP contribution >= 0.6 is 12.2 Å². The maximum absolute atomic E-state index is 5.91. The molecule has 1 fully saturated rings. The highest BCUT2D eigenvalue weighted by Crippen LogP contribution is 2.24. The van der Waals surface area contributed by atoms with Crippen molar-refractivity contribution in [1.29, 1.82) is 0 Å². The van der Waals surface area contributed by atoms with E-state index in [0.717, 1.165) is 49.5 Å². The lowest BCUT2D eigenvalue weighted by atomic mass is 10.0. The Kier molecular flexibility index (Phi) is 10.2. The Bertz CT molecular complexity index is 531. The van der Waals surface area contributed by atoms with E-state index in [1.165, 1.54) is 44.4 Å². The number of hydrogen-bond acceptors (Lipinski definition) is 3. The number of rotatable bonds is 13. The third-order valence-corrected chi connectivity index (χ3v) is 6.94. The summed E-state index contributed by atoms with van der Waals surface area (Å²) < 4.78 is 0. The quantitative estimate of drug-likeness (QED) is 0.321. The molecule has 1 N–H and O–H groups in total. The van der Waals surface area contributed by atoms with Gasteiger partial charge in [0.2, 0.25) is 0 Å². The van der Waals surface area contributed by atoms with Crippen molar-refractivity contribution < 1.29 is 0 Å². The first kappa shape index (κ1) is 24.4. The Morgan fingerprint density at radius 2 is 1.83 bits per heavy atom. The van der Waals surface area contributed by atoms with Gasteiger partial charge in [0, 0.05) is 38.1 Å². The van der Waals surface area contributed by atoms with E-state index in [1.807, 2.05) is 0 Å². The van der Waals surface area contributed by atoms with Crippen molar-refractivity contribution in [3.8, 4) is 0 Å². The normalized spacial score (nSPS) is 23.3. The van der Waals surface area contributed by atoms with Gasteiger partial charge >= 0.3 is 0 Å². The van der Waals surface area contributed by atoms with E-state index >= 15 is 0 Å². The lowest BCUT2D eigenvalue weighted by Crippen LogP contribution is -2.36. The van der Waals surface area contributed by atoms with Gasteiger partial charge in [0.05, 0.1) is 11.9 Å². The van der Waals surface area contributed by atoms with Gasteiger partial charge in [0.25, 0.3) is 0 Å². The molecule has 0 aliphatic carbocycles. The van der Waals surface area contributed by atoms with Crippen LogP contribution in [0, 0.1) is 17.8 Å². The topological polar surface area (TPSA) is 30.9 Å². The van der Waals surface area contributed by atoms with Gasteiger partial charge in [-0.3, -0.25) is 4.99 Å². The van der Waals surface area contributed by atoms with Crippen LogP contribution < -0.4 is 5.32 Å². The maximum Gasteiger partial charge on any atom is 0.171 e. The molecule has 2 heterocycles. The van der Waals surface area contributed by atoms with Gasteiger partial charge in [-0.25, -0.2) is 0 Å². The number of unbranched alkanes of at least 4 members (excludes halogenated alkanes) is 1. The van der Waals surface area contributed by atoms with E-state index in [-0.39, 0.29) is 0 Å². The first-order chi connectivity index (χ1) is 13.8. The summed E-state index contributed by atoms with van der Waals surface area (Å²) in [6.45, 7) is 18.2. The van der Waals surface area contributed by atoms with E-state index in [9.17, 15) is 0 Å². The second-order valence-electron chi connectivity index (χ2n) is 10.1. The largest absolute Gasteiger partial charge is 0.371 e. The van der Waals surface area contributed by atoms with E-state index in [0.29, 0.717) is 18.0 Å². The van der Waals surface area contributed by atoms with Crippen LogP contribution in [0.15, 0.2) is 4.99 Å². The molecule has 2 rings (SSSR count).